The summed E-state index contributed by atoms with van der Waals surface area (Å²) in [5.74, 6) is 3.54. The molecule has 0 rings (SSSR count). The smallest absolute Gasteiger partial charge is 0.323 e. The Morgan fingerprint density at radius 1 is 1.36 bits per heavy atom. The van der Waals surface area contributed by atoms with Crippen LogP contribution in [-0.4, -0.2) is 18.4 Å². The van der Waals surface area contributed by atoms with Crippen LogP contribution in [0.5, 0.6) is 0 Å². The topological polar surface area (TPSA) is 84.2 Å². The number of nitrogens with two attached hydrogens (primary N) is 1. The van der Waals surface area contributed by atoms with Gasteiger partial charge in [-0.15, -0.1) is 0 Å². The molecule has 0 saturated carbocycles. The second kappa shape index (κ2) is 4.68. The van der Waals surface area contributed by atoms with Crippen LogP contribution >= 0.6 is 0 Å². The SMILES string of the molecule is CC(C)CNC(=O)C(=O)NN. The van der Waals surface area contributed by atoms with Crippen LogP contribution in [0, 0.1) is 5.92 Å². The number of nitrogens with one attached hydrogen (secondary N) is 2. The number of carbonyl (C=O) groups excluding carboxylic acids is 2. The van der Waals surface area contributed by atoms with Gasteiger partial charge in [0.15, 0.2) is 0 Å². The molecule has 0 aromatic carbocycles. The Morgan fingerprint density at radius 3 is 2.27 bits per heavy atom. The molecule has 0 aliphatic carbocycles. The van der Waals surface area contributed by atoms with Crippen molar-refractivity contribution in [2.45, 2.75) is 13.8 Å². The van der Waals surface area contributed by atoms with Gasteiger partial charge in [-0.3, -0.25) is 15.0 Å². The molecular weight excluding hydrogens is 146 g/mol. The van der Waals surface area contributed by atoms with Crippen LogP contribution in [0.4, 0.5) is 0 Å². The molecule has 0 fully saturated rings. The van der Waals surface area contributed by atoms with Crippen molar-refractivity contribution >= 4 is 11.8 Å². The van der Waals surface area contributed by atoms with Gasteiger partial charge in [-0.2, -0.15) is 0 Å². The van der Waals surface area contributed by atoms with E-state index >= 15 is 0 Å². The van der Waals surface area contributed by atoms with Crippen molar-refractivity contribution < 1.29 is 9.59 Å². The Kier molecular flexibility index (Phi) is 4.21. The predicted octanol–water partition coefficient (Wildman–Crippen LogP) is -1.25. The molecule has 0 bridgehead atoms. The highest BCUT2D eigenvalue weighted by Crippen LogP contribution is 1.86. The lowest BCUT2D eigenvalue weighted by Crippen LogP contribution is -2.44. The number of carbonyl (C=O) groups is 2. The van der Waals surface area contributed by atoms with Gasteiger partial charge in [0.05, 0.1) is 0 Å². The summed E-state index contributed by atoms with van der Waals surface area (Å²) in [6, 6.07) is 0. The van der Waals surface area contributed by atoms with Crippen molar-refractivity contribution in [2.75, 3.05) is 6.54 Å². The van der Waals surface area contributed by atoms with Crippen molar-refractivity contribution in [1.82, 2.24) is 10.7 Å². The van der Waals surface area contributed by atoms with Gasteiger partial charge in [0, 0.05) is 6.54 Å². The standard InChI is InChI=1S/C6H13N3O2/c1-4(2)3-8-5(10)6(11)9-7/h4H,3,7H2,1-2H3,(H,8,10)(H,9,11). The maximum absolute atomic E-state index is 10.7. The molecule has 0 aromatic heterocycles. The fraction of sp³-hybridized carbons (Fsp3) is 0.667. The van der Waals surface area contributed by atoms with Crippen LogP contribution in [0.2, 0.25) is 0 Å². The van der Waals surface area contributed by atoms with Crippen LogP contribution in [0.15, 0.2) is 0 Å². The number of amides is 2. The lowest BCUT2D eigenvalue weighted by molar-refractivity contribution is -0.139. The molecule has 2 amide bonds. The van der Waals surface area contributed by atoms with Crippen LogP contribution in [0.25, 0.3) is 0 Å². The van der Waals surface area contributed by atoms with E-state index in [1.165, 1.54) is 0 Å². The van der Waals surface area contributed by atoms with Crippen molar-refractivity contribution in [1.29, 1.82) is 0 Å². The Hall–Kier alpha value is -1.10. The maximum atomic E-state index is 10.7. The normalized spacial score (nSPS) is 9.45. The first-order valence-corrected chi connectivity index (χ1v) is 3.36. The highest BCUT2D eigenvalue weighted by Gasteiger charge is 2.10. The van der Waals surface area contributed by atoms with Crippen LogP contribution < -0.4 is 16.6 Å². The predicted molar refractivity (Wildman–Crippen MR) is 40.2 cm³/mol. The minimum Gasteiger partial charge on any atom is -0.348 e. The molecule has 0 heterocycles. The summed E-state index contributed by atoms with van der Waals surface area (Å²) >= 11 is 0. The van der Waals surface area contributed by atoms with Gasteiger partial charge in [0.1, 0.15) is 0 Å². The molecule has 64 valence electrons. The van der Waals surface area contributed by atoms with Crippen LogP contribution in [0.1, 0.15) is 13.8 Å². The molecule has 0 aromatic rings. The molecular formula is C6H13N3O2. The van der Waals surface area contributed by atoms with Crippen molar-refractivity contribution in [3.8, 4) is 0 Å². The first-order chi connectivity index (χ1) is 5.07. The summed E-state index contributed by atoms with van der Waals surface area (Å²) in [7, 11) is 0. The fourth-order valence-corrected chi connectivity index (χ4v) is 0.443. The van der Waals surface area contributed by atoms with E-state index in [-0.39, 0.29) is 0 Å². The monoisotopic (exact) mass is 159 g/mol. The Balaban J connectivity index is 3.61. The van der Waals surface area contributed by atoms with Gasteiger partial charge in [-0.05, 0) is 5.92 Å². The fourth-order valence-electron chi connectivity index (χ4n) is 0.443. The summed E-state index contributed by atoms with van der Waals surface area (Å²) in [6.45, 7) is 4.34. The number of hydrazine groups is 1. The van der Waals surface area contributed by atoms with E-state index in [2.05, 4.69) is 5.32 Å². The summed E-state index contributed by atoms with van der Waals surface area (Å²) in [5.41, 5.74) is 1.74. The molecule has 5 heteroatoms. The average Bonchev–Trinajstić information content (AvgIpc) is 1.98. The zero-order valence-corrected chi connectivity index (χ0v) is 6.68. The molecule has 0 unspecified atom stereocenters. The Labute approximate surface area is 65.3 Å². The van der Waals surface area contributed by atoms with Gasteiger partial charge in [-0.1, -0.05) is 13.8 Å². The van der Waals surface area contributed by atoms with E-state index in [9.17, 15) is 9.59 Å². The maximum Gasteiger partial charge on any atom is 0.323 e. The van der Waals surface area contributed by atoms with Crippen LogP contribution in [-0.2, 0) is 9.59 Å². The minimum absolute atomic E-state index is 0.324. The second-order valence-corrected chi connectivity index (χ2v) is 2.58. The molecule has 0 aliphatic rings. The molecule has 0 aliphatic heterocycles. The third-order valence-corrected chi connectivity index (χ3v) is 1.01. The summed E-state index contributed by atoms with van der Waals surface area (Å²) in [6.07, 6.45) is 0. The lowest BCUT2D eigenvalue weighted by atomic mass is 10.2. The van der Waals surface area contributed by atoms with Gasteiger partial charge >= 0.3 is 11.8 Å². The minimum atomic E-state index is -0.814. The molecule has 0 radical (unpaired) electrons. The van der Waals surface area contributed by atoms with E-state index in [1.54, 1.807) is 5.43 Å². The summed E-state index contributed by atoms with van der Waals surface area (Å²) in [5, 5.41) is 2.40. The van der Waals surface area contributed by atoms with E-state index in [0.717, 1.165) is 0 Å². The first-order valence-electron chi connectivity index (χ1n) is 3.36. The highest BCUT2D eigenvalue weighted by atomic mass is 16.2. The zero-order valence-electron chi connectivity index (χ0n) is 6.68. The van der Waals surface area contributed by atoms with E-state index < -0.39 is 11.8 Å². The molecule has 4 N–H and O–H groups in total. The van der Waals surface area contributed by atoms with Crippen molar-refractivity contribution in [3.63, 3.8) is 0 Å². The Morgan fingerprint density at radius 2 is 1.91 bits per heavy atom. The molecule has 0 spiro atoms. The summed E-state index contributed by atoms with van der Waals surface area (Å²) in [4.78, 5) is 21.2. The first kappa shape index (κ1) is 9.90. The largest absolute Gasteiger partial charge is 0.348 e. The molecule has 5 nitrogen and oxygen atoms in total. The van der Waals surface area contributed by atoms with Gasteiger partial charge < -0.3 is 5.32 Å². The average molecular weight is 159 g/mol. The molecule has 0 saturated heterocycles. The third kappa shape index (κ3) is 4.32. The third-order valence-electron chi connectivity index (χ3n) is 1.01. The quantitative estimate of drug-likeness (QED) is 0.204. The Bertz CT molecular complexity index is 156. The van der Waals surface area contributed by atoms with Gasteiger partial charge in [-0.25, -0.2) is 5.84 Å². The van der Waals surface area contributed by atoms with Crippen LogP contribution in [0.3, 0.4) is 0 Å². The molecule has 11 heavy (non-hydrogen) atoms. The van der Waals surface area contributed by atoms with Gasteiger partial charge in [0.2, 0.25) is 0 Å². The van der Waals surface area contributed by atoms with E-state index in [0.29, 0.717) is 12.5 Å². The number of hydrogen-bond donors (Lipinski definition) is 3. The van der Waals surface area contributed by atoms with E-state index in [4.69, 9.17) is 5.84 Å². The van der Waals surface area contributed by atoms with Crippen molar-refractivity contribution in [3.05, 3.63) is 0 Å². The lowest BCUT2D eigenvalue weighted by Gasteiger charge is -2.05. The van der Waals surface area contributed by atoms with Crippen molar-refractivity contribution in [2.24, 2.45) is 11.8 Å². The zero-order chi connectivity index (χ0) is 8.85. The highest BCUT2D eigenvalue weighted by molar-refractivity contribution is 6.34. The van der Waals surface area contributed by atoms with E-state index in [1.807, 2.05) is 13.8 Å². The number of rotatable bonds is 2. The second-order valence-electron chi connectivity index (χ2n) is 2.58. The molecule has 0 atom stereocenters. The summed E-state index contributed by atoms with van der Waals surface area (Å²) < 4.78 is 0. The number of hydrogen-bond acceptors (Lipinski definition) is 3. The van der Waals surface area contributed by atoms with Gasteiger partial charge in [0.25, 0.3) is 0 Å².